The highest BCUT2D eigenvalue weighted by Crippen LogP contribution is 2.32. The molecule has 180 valence electrons. The Labute approximate surface area is 198 Å². The second-order valence-corrected chi connectivity index (χ2v) is 7.61. The van der Waals surface area contributed by atoms with Crippen LogP contribution in [0.25, 0.3) is 16.9 Å². The first kappa shape index (κ1) is 23.9. The Bertz CT molecular complexity index is 1520. The van der Waals surface area contributed by atoms with Crippen molar-refractivity contribution in [3.63, 3.8) is 0 Å². The maximum atomic E-state index is 13.5. The number of anilines is 2. The van der Waals surface area contributed by atoms with Gasteiger partial charge >= 0.3 is 12.1 Å². The molecule has 0 amide bonds. The number of pyridine rings is 1. The molecule has 0 saturated carbocycles. The molecule has 0 fully saturated rings. The molecule has 0 atom stereocenters. The van der Waals surface area contributed by atoms with Crippen LogP contribution < -0.4 is 10.9 Å². The van der Waals surface area contributed by atoms with Crippen molar-refractivity contribution in [1.82, 2.24) is 24.7 Å². The van der Waals surface area contributed by atoms with Gasteiger partial charge in [-0.1, -0.05) is 11.6 Å². The van der Waals surface area contributed by atoms with Gasteiger partial charge in [-0.25, -0.2) is 18.9 Å². The van der Waals surface area contributed by atoms with E-state index in [0.29, 0.717) is 5.69 Å². The zero-order valence-electron chi connectivity index (χ0n) is 17.5. The lowest BCUT2D eigenvalue weighted by Gasteiger charge is -2.13. The molecule has 0 radical (unpaired) electrons. The van der Waals surface area contributed by atoms with E-state index < -0.39 is 34.8 Å². The molecule has 0 aliphatic carbocycles. The highest BCUT2D eigenvalue weighted by Gasteiger charge is 2.35. The highest BCUT2D eigenvalue weighted by atomic mass is 35.5. The van der Waals surface area contributed by atoms with Crippen LogP contribution >= 0.6 is 11.6 Å². The fraction of sp³-hybridized carbons (Fsp3) is 0.0952. The van der Waals surface area contributed by atoms with Crippen molar-refractivity contribution in [1.29, 1.82) is 0 Å². The zero-order valence-corrected chi connectivity index (χ0v) is 18.2. The van der Waals surface area contributed by atoms with Crippen LogP contribution in [0.1, 0.15) is 21.7 Å². The molecule has 35 heavy (non-hydrogen) atoms. The van der Waals surface area contributed by atoms with Gasteiger partial charge in [-0.15, -0.1) is 0 Å². The van der Waals surface area contributed by atoms with E-state index in [2.05, 4.69) is 25.4 Å². The number of benzene rings is 1. The molecular weight excluding hydrogens is 496 g/mol. The van der Waals surface area contributed by atoms with Gasteiger partial charge in [0.15, 0.2) is 11.5 Å². The Balaban J connectivity index is 1.89. The third-order valence-electron chi connectivity index (χ3n) is 4.77. The summed E-state index contributed by atoms with van der Waals surface area (Å²) in [6.45, 7) is 1.37. The first-order chi connectivity index (χ1) is 16.4. The van der Waals surface area contributed by atoms with Crippen molar-refractivity contribution in [3.05, 3.63) is 80.9 Å². The first-order valence-electron chi connectivity index (χ1n) is 9.64. The van der Waals surface area contributed by atoms with Gasteiger partial charge in [-0.3, -0.25) is 4.79 Å². The number of hydrogen-bond donors (Lipinski definition) is 3. The normalized spacial score (nSPS) is 11.5. The Morgan fingerprint density at radius 2 is 1.97 bits per heavy atom. The van der Waals surface area contributed by atoms with E-state index in [1.54, 1.807) is 0 Å². The van der Waals surface area contributed by atoms with Gasteiger partial charge in [-0.2, -0.15) is 23.3 Å². The van der Waals surface area contributed by atoms with Crippen molar-refractivity contribution in [2.45, 2.75) is 13.1 Å². The van der Waals surface area contributed by atoms with Crippen molar-refractivity contribution < 1.29 is 27.5 Å². The number of rotatable bonds is 5. The number of carboxylic acid groups (broad SMARTS) is 1. The Morgan fingerprint density at radius 1 is 1.23 bits per heavy atom. The lowest BCUT2D eigenvalue weighted by Crippen LogP contribution is -2.17. The van der Waals surface area contributed by atoms with Crippen molar-refractivity contribution >= 4 is 29.2 Å². The third-order valence-corrected chi connectivity index (χ3v) is 5.06. The Morgan fingerprint density at radius 3 is 2.60 bits per heavy atom. The van der Waals surface area contributed by atoms with Gasteiger partial charge in [-0.05, 0) is 37.3 Å². The number of nitrogens with one attached hydrogen (secondary N) is 2. The van der Waals surface area contributed by atoms with E-state index in [-0.39, 0.29) is 33.6 Å². The minimum absolute atomic E-state index is 0.0657. The summed E-state index contributed by atoms with van der Waals surface area (Å²) in [6, 6.07) is 5.56. The second kappa shape index (κ2) is 8.83. The number of aryl methyl sites for hydroxylation is 1. The zero-order chi connectivity index (χ0) is 25.5. The maximum absolute atomic E-state index is 13.5. The summed E-state index contributed by atoms with van der Waals surface area (Å²) < 4.78 is 54.2. The van der Waals surface area contributed by atoms with Gasteiger partial charge in [0.25, 0.3) is 5.56 Å². The van der Waals surface area contributed by atoms with Gasteiger partial charge in [0.1, 0.15) is 11.4 Å². The lowest BCUT2D eigenvalue weighted by atomic mass is 10.1. The molecular formula is C21H13ClF4N6O3. The molecule has 3 aromatic heterocycles. The summed E-state index contributed by atoms with van der Waals surface area (Å²) in [5.41, 5.74) is -2.10. The van der Waals surface area contributed by atoms with Crippen LogP contribution in [0.15, 0.2) is 47.5 Å². The second-order valence-electron chi connectivity index (χ2n) is 7.20. The monoisotopic (exact) mass is 508 g/mol. The number of aromatic carboxylic acids is 1. The summed E-state index contributed by atoms with van der Waals surface area (Å²) in [4.78, 5) is 33.8. The van der Waals surface area contributed by atoms with Crippen LogP contribution in [0.2, 0.25) is 5.02 Å². The lowest BCUT2D eigenvalue weighted by molar-refractivity contribution is -0.141. The number of halogens is 5. The van der Waals surface area contributed by atoms with Gasteiger partial charge in [0.2, 0.25) is 5.95 Å². The minimum atomic E-state index is -4.73. The Hall–Kier alpha value is -4.26. The fourth-order valence-electron chi connectivity index (χ4n) is 3.13. The summed E-state index contributed by atoms with van der Waals surface area (Å²) in [6.07, 6.45) is -2.35. The number of carbonyl (C=O) groups is 1. The molecule has 0 bridgehead atoms. The summed E-state index contributed by atoms with van der Waals surface area (Å²) >= 11 is 5.78. The molecule has 0 unspecified atom stereocenters. The molecule has 3 heterocycles. The number of alkyl halides is 3. The third kappa shape index (κ3) is 4.84. The predicted octanol–water partition coefficient (Wildman–Crippen LogP) is 4.58. The minimum Gasteiger partial charge on any atom is -0.477 e. The number of carboxylic acids is 1. The van der Waals surface area contributed by atoms with Crippen LogP contribution in [0.5, 0.6) is 0 Å². The molecule has 3 N–H and O–H groups in total. The number of H-pyrrole nitrogens is 1. The SMILES string of the molecule is Cc1cc(C(F)(F)F)nn1-c1nc(Nc2ccc(F)c(Cl)c2)ncc1-c1c[nH]c(=O)c(C(=O)O)c1. The molecule has 0 aliphatic heterocycles. The van der Waals surface area contributed by atoms with Gasteiger partial charge < -0.3 is 15.4 Å². The van der Waals surface area contributed by atoms with Crippen LogP contribution in [0, 0.1) is 12.7 Å². The number of aromatic nitrogens is 5. The quantitative estimate of drug-likeness (QED) is 0.337. The molecule has 14 heteroatoms. The number of nitrogens with zero attached hydrogens (tertiary/aromatic N) is 4. The maximum Gasteiger partial charge on any atom is 0.435 e. The molecule has 0 aliphatic rings. The van der Waals surface area contributed by atoms with Gasteiger partial charge in [0.05, 0.1) is 5.02 Å². The van der Waals surface area contributed by atoms with E-state index in [1.165, 1.54) is 31.5 Å². The van der Waals surface area contributed by atoms with Crippen LogP contribution in [0.4, 0.5) is 29.2 Å². The van der Waals surface area contributed by atoms with Crippen LogP contribution in [0.3, 0.4) is 0 Å². The molecule has 9 nitrogen and oxygen atoms in total. The van der Waals surface area contributed by atoms with E-state index in [1.807, 2.05) is 0 Å². The van der Waals surface area contributed by atoms with E-state index in [0.717, 1.165) is 22.9 Å². The summed E-state index contributed by atoms with van der Waals surface area (Å²) in [5.74, 6) is -2.41. The molecule has 4 aromatic rings. The predicted molar refractivity (Wildman–Crippen MR) is 117 cm³/mol. The van der Waals surface area contributed by atoms with Crippen molar-refractivity contribution in [2.24, 2.45) is 0 Å². The first-order valence-corrected chi connectivity index (χ1v) is 10.0. The molecule has 4 rings (SSSR count). The average Bonchev–Trinajstić information content (AvgIpc) is 3.18. The van der Waals surface area contributed by atoms with Crippen LogP contribution in [-0.2, 0) is 6.18 Å². The molecule has 0 spiro atoms. The number of hydrogen-bond acceptors (Lipinski definition) is 6. The van der Waals surface area contributed by atoms with E-state index in [9.17, 15) is 32.3 Å². The van der Waals surface area contributed by atoms with Crippen LogP contribution in [-0.4, -0.2) is 35.8 Å². The average molecular weight is 509 g/mol. The Kier molecular flexibility index (Phi) is 6.03. The smallest absolute Gasteiger partial charge is 0.435 e. The fourth-order valence-corrected chi connectivity index (χ4v) is 3.31. The van der Waals surface area contributed by atoms with E-state index >= 15 is 0 Å². The topological polar surface area (TPSA) is 126 Å². The molecule has 0 saturated heterocycles. The molecule has 1 aromatic carbocycles. The standard InChI is InChI=1S/C21H13ClF4N6O3/c1-9-4-16(21(24,25)26)31-32(9)17-13(10-5-12(19(34)35)18(33)27-7-10)8-28-20(30-17)29-11-2-3-15(23)14(22)6-11/h2-8H,1H3,(H,27,33)(H,34,35)(H,28,29,30). The summed E-state index contributed by atoms with van der Waals surface area (Å²) in [7, 11) is 0. The largest absolute Gasteiger partial charge is 0.477 e. The van der Waals surface area contributed by atoms with Crippen molar-refractivity contribution in [2.75, 3.05) is 5.32 Å². The number of aromatic amines is 1. The highest BCUT2D eigenvalue weighted by molar-refractivity contribution is 6.31. The van der Waals surface area contributed by atoms with E-state index in [4.69, 9.17) is 11.6 Å². The summed E-state index contributed by atoms with van der Waals surface area (Å²) in [5, 5.41) is 15.5. The van der Waals surface area contributed by atoms with Crippen molar-refractivity contribution in [3.8, 4) is 16.9 Å². The van der Waals surface area contributed by atoms with Gasteiger partial charge in [0, 0.05) is 34.9 Å².